The molecule has 2 heterocycles. The second-order valence-corrected chi connectivity index (χ2v) is 14.1. The van der Waals surface area contributed by atoms with E-state index in [1.54, 1.807) is 23.4 Å². The Bertz CT molecular complexity index is 1290. The molecule has 0 aromatic heterocycles. The van der Waals surface area contributed by atoms with Crippen LogP contribution in [0, 0.1) is 13.8 Å². The molecule has 1 unspecified atom stereocenters. The number of hydrogen-bond acceptors (Lipinski definition) is 9. The van der Waals surface area contributed by atoms with Crippen molar-refractivity contribution >= 4 is 35.2 Å². The lowest BCUT2D eigenvalue weighted by Crippen LogP contribution is -2.54. The van der Waals surface area contributed by atoms with Crippen molar-refractivity contribution in [3.8, 4) is 0 Å². The molecule has 2 saturated heterocycles. The van der Waals surface area contributed by atoms with Crippen LogP contribution in [0.1, 0.15) is 87.2 Å². The predicted molar refractivity (Wildman–Crippen MR) is 193 cm³/mol. The Kier molecular flexibility index (Phi) is 22.6. The number of hydrogen-bond donors (Lipinski definition) is 0. The zero-order valence-electron chi connectivity index (χ0n) is 30.4. The standard InChI is InChI=1S/C21H35N3O3S.C9H10O.C4H8O.C2H4O.CH2O/c1-18-8-10-20(11-9-18)28(25,26)24-15-12-21(13-16-24)23(4)19(17-27-21)7-5-6-14-22(2)3;1-7-3-5-9(6-4-7)8(2)10;1-2-3-4-5;1-2-3;1-2/h8-11,19H,5-7,12-17H2,1-4H3;3-6H,1-2H3;4H,2-3H2,1H3;2H,1H3;1H2. The van der Waals surface area contributed by atoms with Crippen molar-refractivity contribution in [1.29, 1.82) is 0 Å². The van der Waals surface area contributed by atoms with Crippen LogP contribution >= 0.6 is 0 Å². The zero-order chi connectivity index (χ0) is 36.8. The molecule has 2 aromatic carbocycles. The number of ketones is 1. The van der Waals surface area contributed by atoms with Crippen LogP contribution in [0.4, 0.5) is 0 Å². The van der Waals surface area contributed by atoms with Crippen molar-refractivity contribution in [2.45, 2.75) is 96.2 Å². The molecule has 2 fully saturated rings. The molecular formula is C37H59N3O7S. The van der Waals surface area contributed by atoms with Crippen molar-refractivity contribution in [3.63, 3.8) is 0 Å². The monoisotopic (exact) mass is 689 g/mol. The number of carbonyl (C=O) groups is 4. The van der Waals surface area contributed by atoms with Gasteiger partial charge in [-0.1, -0.05) is 60.9 Å². The third kappa shape index (κ3) is 15.4. The summed E-state index contributed by atoms with van der Waals surface area (Å²) >= 11 is 0. The normalized spacial score (nSPS) is 16.9. The largest absolute Gasteiger partial charge is 0.359 e. The summed E-state index contributed by atoms with van der Waals surface area (Å²) in [4.78, 5) is 41.9. The van der Waals surface area contributed by atoms with E-state index in [1.807, 2.05) is 64.0 Å². The van der Waals surface area contributed by atoms with Gasteiger partial charge in [-0.15, -0.1) is 0 Å². The Labute approximate surface area is 289 Å². The minimum Gasteiger partial charge on any atom is -0.359 e. The van der Waals surface area contributed by atoms with Gasteiger partial charge in [-0.05, 0) is 86.8 Å². The number of piperidine rings is 1. The third-order valence-electron chi connectivity index (χ3n) is 8.15. The molecule has 4 rings (SSSR count). The van der Waals surface area contributed by atoms with E-state index in [1.165, 1.54) is 25.3 Å². The van der Waals surface area contributed by atoms with Gasteiger partial charge in [-0.25, -0.2) is 8.42 Å². The Hall–Kier alpha value is -3.09. The van der Waals surface area contributed by atoms with Crippen molar-refractivity contribution in [1.82, 2.24) is 14.1 Å². The summed E-state index contributed by atoms with van der Waals surface area (Å²) in [5.41, 5.74) is 2.73. The topological polar surface area (TPSA) is 121 Å². The van der Waals surface area contributed by atoms with E-state index < -0.39 is 10.0 Å². The Balaban J connectivity index is 0.000000904. The molecule has 2 aromatic rings. The molecule has 2 aliphatic rings. The first-order chi connectivity index (χ1) is 22.8. The van der Waals surface area contributed by atoms with Gasteiger partial charge in [0.05, 0.1) is 11.5 Å². The molecule has 0 amide bonds. The predicted octanol–water partition coefficient (Wildman–Crippen LogP) is 5.74. The highest BCUT2D eigenvalue weighted by Gasteiger charge is 2.48. The average Bonchev–Trinajstić information content (AvgIpc) is 3.36. The number of unbranched alkanes of at least 4 members (excludes halogenated alkanes) is 2. The Morgan fingerprint density at radius 2 is 1.48 bits per heavy atom. The number of carbonyl (C=O) groups excluding carboxylic acids is 4. The van der Waals surface area contributed by atoms with Crippen LogP contribution < -0.4 is 0 Å². The summed E-state index contributed by atoms with van der Waals surface area (Å²) in [5.74, 6) is 0.125. The lowest BCUT2D eigenvalue weighted by molar-refractivity contribution is -0.108. The summed E-state index contributed by atoms with van der Waals surface area (Å²) in [7, 11) is 2.94. The van der Waals surface area contributed by atoms with E-state index in [2.05, 4.69) is 30.9 Å². The summed E-state index contributed by atoms with van der Waals surface area (Å²) in [5, 5.41) is 0. The molecule has 2 aliphatic heterocycles. The highest BCUT2D eigenvalue weighted by Crippen LogP contribution is 2.38. The number of sulfonamides is 1. The first kappa shape index (κ1) is 44.9. The van der Waals surface area contributed by atoms with Gasteiger partial charge in [-0.2, -0.15) is 4.31 Å². The number of nitrogens with zero attached hydrogens (tertiary/aromatic N) is 3. The second-order valence-electron chi connectivity index (χ2n) is 12.2. The maximum Gasteiger partial charge on any atom is 0.243 e. The average molecular weight is 690 g/mol. The van der Waals surface area contributed by atoms with E-state index in [-0.39, 0.29) is 11.5 Å². The maximum absolute atomic E-state index is 12.9. The van der Waals surface area contributed by atoms with E-state index in [9.17, 15) is 18.0 Å². The highest BCUT2D eigenvalue weighted by atomic mass is 32.2. The number of rotatable bonds is 10. The minimum absolute atomic E-state index is 0.125. The fraction of sp³-hybridized carbons (Fsp3) is 0.568. The minimum atomic E-state index is -3.43. The van der Waals surface area contributed by atoms with E-state index in [0.29, 0.717) is 30.4 Å². The highest BCUT2D eigenvalue weighted by molar-refractivity contribution is 7.89. The maximum atomic E-state index is 12.9. The molecule has 10 nitrogen and oxygen atoms in total. The molecule has 0 N–H and O–H groups in total. The van der Waals surface area contributed by atoms with Gasteiger partial charge in [0.25, 0.3) is 0 Å². The van der Waals surface area contributed by atoms with Crippen molar-refractivity contribution in [2.75, 3.05) is 47.4 Å². The molecule has 270 valence electrons. The first-order valence-corrected chi connectivity index (χ1v) is 18.0. The van der Waals surface area contributed by atoms with E-state index in [4.69, 9.17) is 14.3 Å². The Morgan fingerprint density at radius 1 is 0.979 bits per heavy atom. The van der Waals surface area contributed by atoms with Gasteiger partial charge < -0.3 is 24.0 Å². The van der Waals surface area contributed by atoms with Gasteiger partial charge in [0.2, 0.25) is 10.0 Å². The van der Waals surface area contributed by atoms with Gasteiger partial charge in [0.1, 0.15) is 25.1 Å². The fourth-order valence-corrected chi connectivity index (χ4v) is 6.66. The van der Waals surface area contributed by atoms with Crippen LogP contribution in [0.3, 0.4) is 0 Å². The van der Waals surface area contributed by atoms with Crippen LogP contribution in [0.2, 0.25) is 0 Å². The number of likely N-dealkylation sites (N-methyl/N-ethyl adjacent to an activating group) is 1. The van der Waals surface area contributed by atoms with Gasteiger partial charge in [0, 0.05) is 44.0 Å². The van der Waals surface area contributed by atoms with Crippen LogP contribution in [0.15, 0.2) is 53.4 Å². The molecular weight excluding hydrogens is 630 g/mol. The SMILES string of the molecule is C=O.CC(=O)c1ccc(C)cc1.CC=O.CCCC=O.Cc1ccc(S(=O)(=O)N2CCC3(CC2)OCC(CCCCN(C)C)N3C)cc1. The van der Waals surface area contributed by atoms with Crippen molar-refractivity contribution in [2.24, 2.45) is 0 Å². The fourth-order valence-electron chi connectivity index (χ4n) is 5.22. The summed E-state index contributed by atoms with van der Waals surface area (Å²) in [6, 6.07) is 15.1. The molecule has 0 radical (unpaired) electrons. The molecule has 0 saturated carbocycles. The second kappa shape index (κ2) is 24.1. The van der Waals surface area contributed by atoms with Crippen molar-refractivity contribution in [3.05, 3.63) is 65.2 Å². The van der Waals surface area contributed by atoms with E-state index >= 15 is 0 Å². The quantitative estimate of drug-likeness (QED) is 0.175. The van der Waals surface area contributed by atoms with Gasteiger partial charge in [-0.3, -0.25) is 9.69 Å². The number of ether oxygens (including phenoxy) is 1. The summed E-state index contributed by atoms with van der Waals surface area (Å²) in [6.45, 7) is 13.9. The van der Waals surface area contributed by atoms with Gasteiger partial charge in [0.15, 0.2) is 5.78 Å². The molecule has 1 atom stereocenters. The number of aldehydes is 2. The lowest BCUT2D eigenvalue weighted by atomic mass is 9.99. The molecule has 1 spiro atoms. The van der Waals surface area contributed by atoms with Crippen molar-refractivity contribution < 1.29 is 32.3 Å². The molecule has 48 heavy (non-hydrogen) atoms. The smallest absolute Gasteiger partial charge is 0.243 e. The zero-order valence-corrected chi connectivity index (χ0v) is 31.3. The lowest BCUT2D eigenvalue weighted by Gasteiger charge is -2.42. The van der Waals surface area contributed by atoms with Crippen LogP contribution in [-0.2, 0) is 29.1 Å². The summed E-state index contributed by atoms with van der Waals surface area (Å²) < 4.78 is 33.8. The molecule has 0 aliphatic carbocycles. The molecule has 0 bridgehead atoms. The summed E-state index contributed by atoms with van der Waals surface area (Å²) in [6.07, 6.45) is 8.35. The van der Waals surface area contributed by atoms with Gasteiger partial charge >= 0.3 is 0 Å². The molecule has 11 heteroatoms. The van der Waals surface area contributed by atoms with E-state index in [0.717, 1.165) is 62.5 Å². The van der Waals surface area contributed by atoms with Crippen LogP contribution in [0.25, 0.3) is 0 Å². The number of benzene rings is 2. The van der Waals surface area contributed by atoms with Crippen LogP contribution in [-0.4, -0.2) is 107 Å². The third-order valence-corrected chi connectivity index (χ3v) is 10.1. The van der Waals surface area contributed by atoms with Crippen LogP contribution in [0.5, 0.6) is 0 Å². The first-order valence-electron chi connectivity index (χ1n) is 16.6. The number of aryl methyl sites for hydroxylation is 2. The number of Topliss-reactive ketones (excluding diaryl/α,β-unsaturated/α-hetero) is 1. The Morgan fingerprint density at radius 3 is 1.90 bits per heavy atom.